The largest absolute Gasteiger partial charge is 0.335 e. The Bertz CT molecular complexity index is 399. The monoisotopic (exact) mass is 250 g/mol. The number of hydrogen-bond acceptors (Lipinski definition) is 1. The van der Waals surface area contributed by atoms with Crippen molar-refractivity contribution in [3.05, 3.63) is 35.6 Å². The molecule has 98 valence electrons. The molecule has 0 spiro atoms. The first kappa shape index (κ1) is 12.9. The highest BCUT2D eigenvalue weighted by atomic mass is 19.1. The van der Waals surface area contributed by atoms with E-state index < -0.39 is 0 Å². The van der Waals surface area contributed by atoms with Gasteiger partial charge in [0.15, 0.2) is 0 Å². The number of likely N-dealkylation sites (tertiary alicyclic amines) is 1. The van der Waals surface area contributed by atoms with Crippen LogP contribution >= 0.6 is 0 Å². The molecule has 4 heteroatoms. The molecule has 1 unspecified atom stereocenters. The third kappa shape index (κ3) is 3.45. The number of carbonyl (C=O) groups excluding carboxylic acids is 1. The lowest BCUT2D eigenvalue weighted by Crippen LogP contribution is -2.43. The highest BCUT2D eigenvalue weighted by Gasteiger charge is 2.19. The summed E-state index contributed by atoms with van der Waals surface area (Å²) in [6, 6.07) is 6.49. The van der Waals surface area contributed by atoms with E-state index >= 15 is 0 Å². The summed E-state index contributed by atoms with van der Waals surface area (Å²) in [4.78, 5) is 13.7. The van der Waals surface area contributed by atoms with Crippen LogP contribution in [0, 0.1) is 5.82 Å². The molecule has 3 nitrogen and oxygen atoms in total. The first-order valence-electron chi connectivity index (χ1n) is 6.45. The normalized spacial score (nSPS) is 16.7. The van der Waals surface area contributed by atoms with Gasteiger partial charge in [-0.2, -0.15) is 0 Å². The summed E-state index contributed by atoms with van der Waals surface area (Å²) in [6.45, 7) is 3.68. The number of hydrogen-bond donors (Lipinski definition) is 1. The number of benzene rings is 1. The molecule has 2 rings (SSSR count). The van der Waals surface area contributed by atoms with E-state index in [1.54, 1.807) is 12.1 Å². The molecule has 18 heavy (non-hydrogen) atoms. The molecule has 1 aliphatic rings. The van der Waals surface area contributed by atoms with Gasteiger partial charge in [-0.3, -0.25) is 0 Å². The molecule has 0 bridgehead atoms. The van der Waals surface area contributed by atoms with E-state index in [0.29, 0.717) is 0 Å². The summed E-state index contributed by atoms with van der Waals surface area (Å²) in [5, 5.41) is 2.98. The smallest absolute Gasteiger partial charge is 0.317 e. The highest BCUT2D eigenvalue weighted by molar-refractivity contribution is 5.74. The van der Waals surface area contributed by atoms with Crippen LogP contribution in [-0.2, 0) is 6.42 Å². The van der Waals surface area contributed by atoms with Crippen molar-refractivity contribution in [2.75, 3.05) is 13.1 Å². The van der Waals surface area contributed by atoms with Gasteiger partial charge in [-0.05, 0) is 43.9 Å². The topological polar surface area (TPSA) is 32.3 Å². The molecule has 0 radical (unpaired) electrons. The molecule has 1 atom stereocenters. The van der Waals surface area contributed by atoms with Crippen LogP contribution in [0.3, 0.4) is 0 Å². The van der Waals surface area contributed by atoms with Crippen LogP contribution < -0.4 is 5.32 Å². The van der Waals surface area contributed by atoms with E-state index in [-0.39, 0.29) is 17.9 Å². The number of rotatable bonds is 3. The highest BCUT2D eigenvalue weighted by Crippen LogP contribution is 2.09. The Labute approximate surface area is 107 Å². The second kappa shape index (κ2) is 5.85. The number of nitrogens with zero attached hydrogens (tertiary/aromatic N) is 1. The van der Waals surface area contributed by atoms with Crippen molar-refractivity contribution in [1.82, 2.24) is 10.2 Å². The third-order valence-corrected chi connectivity index (χ3v) is 3.22. The molecular formula is C14H19FN2O. The second-order valence-electron chi connectivity index (χ2n) is 4.88. The van der Waals surface area contributed by atoms with E-state index in [9.17, 15) is 9.18 Å². The van der Waals surface area contributed by atoms with Crippen LogP contribution in [-0.4, -0.2) is 30.1 Å². The SMILES string of the molecule is CC(Cc1ccc(F)cc1)NC(=O)N1CCCC1. The van der Waals surface area contributed by atoms with Crippen LogP contribution in [0.15, 0.2) is 24.3 Å². The van der Waals surface area contributed by atoms with Gasteiger partial charge < -0.3 is 10.2 Å². The minimum atomic E-state index is -0.229. The summed E-state index contributed by atoms with van der Waals surface area (Å²) >= 11 is 0. The Morgan fingerprint density at radius 2 is 1.94 bits per heavy atom. The van der Waals surface area contributed by atoms with Crippen molar-refractivity contribution in [2.24, 2.45) is 0 Å². The average Bonchev–Trinajstić information content (AvgIpc) is 2.85. The van der Waals surface area contributed by atoms with Crippen molar-refractivity contribution in [3.8, 4) is 0 Å². The minimum absolute atomic E-state index is 0.0158. The van der Waals surface area contributed by atoms with Crippen LogP contribution in [0.1, 0.15) is 25.3 Å². The number of carbonyl (C=O) groups is 1. The van der Waals surface area contributed by atoms with E-state index in [2.05, 4.69) is 5.32 Å². The maximum atomic E-state index is 12.8. The van der Waals surface area contributed by atoms with Gasteiger partial charge >= 0.3 is 6.03 Å². The van der Waals surface area contributed by atoms with Crippen molar-refractivity contribution >= 4 is 6.03 Å². The van der Waals surface area contributed by atoms with E-state index in [1.807, 2.05) is 11.8 Å². The Morgan fingerprint density at radius 3 is 2.56 bits per heavy atom. The second-order valence-corrected chi connectivity index (χ2v) is 4.88. The van der Waals surface area contributed by atoms with Crippen molar-refractivity contribution < 1.29 is 9.18 Å². The van der Waals surface area contributed by atoms with Crippen LogP contribution in [0.2, 0.25) is 0 Å². The summed E-state index contributed by atoms with van der Waals surface area (Å²) in [5.74, 6) is -0.229. The van der Waals surface area contributed by atoms with Gasteiger partial charge in [-0.15, -0.1) is 0 Å². The molecule has 0 aromatic heterocycles. The zero-order valence-corrected chi connectivity index (χ0v) is 10.7. The molecular weight excluding hydrogens is 231 g/mol. The van der Waals surface area contributed by atoms with Gasteiger partial charge in [0.1, 0.15) is 5.82 Å². The zero-order chi connectivity index (χ0) is 13.0. The molecule has 1 aliphatic heterocycles. The number of amides is 2. The van der Waals surface area contributed by atoms with Gasteiger partial charge in [0.25, 0.3) is 0 Å². The number of halogens is 1. The molecule has 1 aromatic carbocycles. The Hall–Kier alpha value is -1.58. The van der Waals surface area contributed by atoms with Crippen molar-refractivity contribution in [3.63, 3.8) is 0 Å². The molecule has 0 aliphatic carbocycles. The predicted molar refractivity (Wildman–Crippen MR) is 68.9 cm³/mol. The number of nitrogens with one attached hydrogen (secondary N) is 1. The summed E-state index contributed by atoms with van der Waals surface area (Å²) < 4.78 is 12.8. The van der Waals surface area contributed by atoms with Gasteiger partial charge in [0, 0.05) is 19.1 Å². The van der Waals surface area contributed by atoms with E-state index in [1.165, 1.54) is 12.1 Å². The van der Waals surface area contributed by atoms with Gasteiger partial charge in [0.2, 0.25) is 0 Å². The minimum Gasteiger partial charge on any atom is -0.335 e. The van der Waals surface area contributed by atoms with Crippen molar-refractivity contribution in [2.45, 2.75) is 32.2 Å². The first-order valence-corrected chi connectivity index (χ1v) is 6.45. The summed E-state index contributed by atoms with van der Waals surface area (Å²) in [6.07, 6.45) is 2.92. The van der Waals surface area contributed by atoms with Gasteiger partial charge in [-0.25, -0.2) is 9.18 Å². The lowest BCUT2D eigenvalue weighted by Gasteiger charge is -2.20. The van der Waals surface area contributed by atoms with Crippen LogP contribution in [0.4, 0.5) is 9.18 Å². The Balaban J connectivity index is 1.82. The standard InChI is InChI=1S/C14H19FN2O/c1-11(10-12-4-6-13(15)7-5-12)16-14(18)17-8-2-3-9-17/h4-7,11H,2-3,8-10H2,1H3,(H,16,18). The summed E-state index contributed by atoms with van der Waals surface area (Å²) in [5.41, 5.74) is 1.03. The lowest BCUT2D eigenvalue weighted by molar-refractivity contribution is 0.205. The number of urea groups is 1. The molecule has 1 aromatic rings. The molecule has 1 fully saturated rings. The lowest BCUT2D eigenvalue weighted by atomic mass is 10.1. The fourth-order valence-electron chi connectivity index (χ4n) is 2.25. The molecule has 0 saturated carbocycles. The molecule has 2 amide bonds. The van der Waals surface area contributed by atoms with Gasteiger partial charge in [0.05, 0.1) is 0 Å². The van der Waals surface area contributed by atoms with E-state index in [4.69, 9.17) is 0 Å². The van der Waals surface area contributed by atoms with Crippen molar-refractivity contribution in [1.29, 1.82) is 0 Å². The first-order chi connectivity index (χ1) is 8.65. The zero-order valence-electron chi connectivity index (χ0n) is 10.7. The average molecular weight is 250 g/mol. The Morgan fingerprint density at radius 1 is 1.33 bits per heavy atom. The fourth-order valence-corrected chi connectivity index (χ4v) is 2.25. The summed E-state index contributed by atoms with van der Waals surface area (Å²) in [7, 11) is 0. The molecule has 1 saturated heterocycles. The Kier molecular flexibility index (Phi) is 4.18. The molecule has 1 heterocycles. The van der Waals surface area contributed by atoms with Crippen LogP contribution in [0.5, 0.6) is 0 Å². The maximum absolute atomic E-state index is 12.8. The maximum Gasteiger partial charge on any atom is 0.317 e. The third-order valence-electron chi connectivity index (χ3n) is 3.22. The predicted octanol–water partition coefficient (Wildman–Crippen LogP) is 2.56. The fraction of sp³-hybridized carbons (Fsp3) is 0.500. The van der Waals surface area contributed by atoms with Crippen LogP contribution in [0.25, 0.3) is 0 Å². The van der Waals surface area contributed by atoms with E-state index in [0.717, 1.165) is 37.9 Å². The van der Waals surface area contributed by atoms with Gasteiger partial charge in [-0.1, -0.05) is 12.1 Å². The quantitative estimate of drug-likeness (QED) is 0.878. The molecule has 1 N–H and O–H groups in total.